The quantitative estimate of drug-likeness (QED) is 0.328. The number of rotatable bonds is 10. The second-order valence-electron chi connectivity index (χ2n) is 11.7. The molecule has 0 radical (unpaired) electrons. The van der Waals surface area contributed by atoms with Gasteiger partial charge in [-0.05, 0) is 101 Å². The average molecular weight is 578 g/mol. The van der Waals surface area contributed by atoms with Gasteiger partial charge in [0.1, 0.15) is 12.6 Å². The molecule has 0 saturated heterocycles. The van der Waals surface area contributed by atoms with Crippen molar-refractivity contribution in [1.82, 2.24) is 10.2 Å². The third-order valence-electron chi connectivity index (χ3n) is 7.15. The van der Waals surface area contributed by atoms with Gasteiger partial charge in [-0.2, -0.15) is 0 Å². The third-order valence-corrected chi connectivity index (χ3v) is 8.94. The lowest BCUT2D eigenvalue weighted by Crippen LogP contribution is -2.55. The number of anilines is 1. The van der Waals surface area contributed by atoms with E-state index in [1.807, 2.05) is 85.7 Å². The van der Waals surface area contributed by atoms with Crippen molar-refractivity contribution in [2.75, 3.05) is 10.8 Å². The molecule has 7 nitrogen and oxygen atoms in total. The molecule has 0 fully saturated rings. The maximum absolute atomic E-state index is 14.2. The summed E-state index contributed by atoms with van der Waals surface area (Å²) < 4.78 is 29.3. The van der Waals surface area contributed by atoms with Crippen LogP contribution in [0.4, 0.5) is 5.69 Å². The molecule has 8 heteroatoms. The summed E-state index contributed by atoms with van der Waals surface area (Å²) in [6, 6.07) is 18.8. The van der Waals surface area contributed by atoms with Gasteiger partial charge in [-0.15, -0.1) is 0 Å². The summed E-state index contributed by atoms with van der Waals surface area (Å²) in [5, 5.41) is 3.00. The number of aryl methyl sites for hydroxylation is 4. The van der Waals surface area contributed by atoms with Crippen LogP contribution in [0.1, 0.15) is 61.9 Å². The van der Waals surface area contributed by atoms with Crippen molar-refractivity contribution in [2.45, 2.75) is 84.8 Å². The Labute approximate surface area is 245 Å². The Balaban J connectivity index is 2.11. The number of amides is 2. The number of benzene rings is 3. The number of carbonyl (C=O) groups is 2. The molecule has 0 aliphatic heterocycles. The fourth-order valence-corrected chi connectivity index (χ4v) is 6.00. The van der Waals surface area contributed by atoms with Gasteiger partial charge >= 0.3 is 0 Å². The zero-order chi connectivity index (χ0) is 30.5. The molecule has 0 unspecified atom stereocenters. The van der Waals surface area contributed by atoms with Crippen LogP contribution in [0.2, 0.25) is 0 Å². The zero-order valence-electron chi connectivity index (χ0n) is 25.5. The van der Waals surface area contributed by atoms with Gasteiger partial charge in [0.25, 0.3) is 10.0 Å². The highest BCUT2D eigenvalue weighted by Crippen LogP contribution is 2.27. The van der Waals surface area contributed by atoms with Crippen LogP contribution >= 0.6 is 0 Å². The van der Waals surface area contributed by atoms with Gasteiger partial charge in [0.05, 0.1) is 10.6 Å². The van der Waals surface area contributed by atoms with E-state index >= 15 is 0 Å². The minimum Gasteiger partial charge on any atom is -0.350 e. The first-order valence-corrected chi connectivity index (χ1v) is 15.4. The molecular weight excluding hydrogens is 534 g/mol. The number of hydrogen-bond acceptors (Lipinski definition) is 4. The monoisotopic (exact) mass is 577 g/mol. The second kappa shape index (κ2) is 12.9. The normalized spacial score (nSPS) is 12.5. The Hall–Kier alpha value is -3.65. The molecular formula is C33H43N3O4S. The molecule has 1 atom stereocenters. The second-order valence-corrected chi connectivity index (χ2v) is 13.6. The van der Waals surface area contributed by atoms with Crippen LogP contribution in [-0.4, -0.2) is 43.3 Å². The number of nitrogens with zero attached hydrogens (tertiary/aromatic N) is 2. The van der Waals surface area contributed by atoms with Crippen molar-refractivity contribution in [3.8, 4) is 0 Å². The first-order chi connectivity index (χ1) is 19.1. The Morgan fingerprint density at radius 2 is 1.49 bits per heavy atom. The SMILES string of the molecule is CC[C@@H](C(=O)NC(C)(C)C)N(Cc1ccccc1C)C(=O)CN(c1ccc(C)c(C)c1)S(=O)(=O)c1ccc(C)cc1. The largest absolute Gasteiger partial charge is 0.350 e. The lowest BCUT2D eigenvalue weighted by molar-refractivity contribution is -0.141. The predicted octanol–water partition coefficient (Wildman–Crippen LogP) is 5.84. The first-order valence-electron chi connectivity index (χ1n) is 14.0. The average Bonchev–Trinajstić information content (AvgIpc) is 2.89. The van der Waals surface area contributed by atoms with E-state index in [1.165, 1.54) is 4.90 Å². The Morgan fingerprint density at radius 3 is 2.05 bits per heavy atom. The van der Waals surface area contributed by atoms with Crippen molar-refractivity contribution in [1.29, 1.82) is 0 Å². The Kier molecular flexibility index (Phi) is 10.0. The van der Waals surface area contributed by atoms with E-state index < -0.39 is 34.1 Å². The molecule has 1 N–H and O–H groups in total. The van der Waals surface area contributed by atoms with Crippen molar-refractivity contribution < 1.29 is 18.0 Å². The number of hydrogen-bond donors (Lipinski definition) is 1. The van der Waals surface area contributed by atoms with Gasteiger partial charge in [0, 0.05) is 12.1 Å². The zero-order valence-corrected chi connectivity index (χ0v) is 26.3. The molecule has 41 heavy (non-hydrogen) atoms. The van der Waals surface area contributed by atoms with Crippen molar-refractivity contribution in [3.63, 3.8) is 0 Å². The summed E-state index contributed by atoms with van der Waals surface area (Å²) in [7, 11) is -4.11. The maximum Gasteiger partial charge on any atom is 0.264 e. The van der Waals surface area contributed by atoms with Crippen molar-refractivity contribution >= 4 is 27.5 Å². The molecule has 0 saturated carbocycles. The molecule has 2 amide bonds. The van der Waals surface area contributed by atoms with Gasteiger partial charge in [-0.25, -0.2) is 8.42 Å². The summed E-state index contributed by atoms with van der Waals surface area (Å²) in [4.78, 5) is 29.3. The van der Waals surface area contributed by atoms with Gasteiger partial charge in [-0.3, -0.25) is 13.9 Å². The highest BCUT2D eigenvalue weighted by atomic mass is 32.2. The van der Waals surface area contributed by atoms with Crippen LogP contribution in [-0.2, 0) is 26.2 Å². The minimum atomic E-state index is -4.11. The predicted molar refractivity (Wildman–Crippen MR) is 165 cm³/mol. The standard InChI is InChI=1S/C33H43N3O4S/c1-9-30(32(38)34-33(6,7)8)35(21-27-13-11-10-12-25(27)4)31(37)22-36(28-17-16-24(3)26(5)20-28)41(39,40)29-18-14-23(2)15-19-29/h10-20,30H,9,21-22H2,1-8H3,(H,34,38)/t30-/m0/s1. The van der Waals surface area contributed by atoms with Crippen LogP contribution in [0, 0.1) is 27.7 Å². The first kappa shape index (κ1) is 31.9. The van der Waals surface area contributed by atoms with Crippen molar-refractivity contribution in [3.05, 3.63) is 94.5 Å². The number of carbonyl (C=O) groups excluding carboxylic acids is 2. The van der Waals surface area contributed by atoms with E-state index in [0.717, 1.165) is 32.1 Å². The van der Waals surface area contributed by atoms with Gasteiger partial charge in [0.15, 0.2) is 0 Å². The third kappa shape index (κ3) is 7.97. The van der Waals surface area contributed by atoms with E-state index in [9.17, 15) is 18.0 Å². The molecule has 0 bridgehead atoms. The highest BCUT2D eigenvalue weighted by molar-refractivity contribution is 7.92. The summed E-state index contributed by atoms with van der Waals surface area (Å²) in [5.41, 5.74) is 4.62. The molecule has 0 spiro atoms. The van der Waals surface area contributed by atoms with Crippen LogP contribution < -0.4 is 9.62 Å². The smallest absolute Gasteiger partial charge is 0.264 e. The molecule has 0 aliphatic carbocycles. The van der Waals surface area contributed by atoms with E-state index in [2.05, 4.69) is 5.32 Å². The number of nitrogens with one attached hydrogen (secondary N) is 1. The van der Waals surface area contributed by atoms with E-state index in [4.69, 9.17) is 0 Å². The van der Waals surface area contributed by atoms with E-state index in [-0.39, 0.29) is 17.3 Å². The Bertz CT molecular complexity index is 1490. The Morgan fingerprint density at radius 1 is 0.854 bits per heavy atom. The van der Waals surface area contributed by atoms with Crippen LogP contribution in [0.3, 0.4) is 0 Å². The fourth-order valence-electron chi connectivity index (χ4n) is 4.59. The van der Waals surface area contributed by atoms with Crippen LogP contribution in [0.25, 0.3) is 0 Å². The van der Waals surface area contributed by atoms with Gasteiger partial charge in [-0.1, -0.05) is 55.0 Å². The lowest BCUT2D eigenvalue weighted by Gasteiger charge is -2.35. The van der Waals surface area contributed by atoms with E-state index in [1.54, 1.807) is 36.4 Å². The molecule has 220 valence electrons. The molecule has 3 aromatic rings. The molecule has 0 aromatic heterocycles. The molecule has 0 heterocycles. The molecule has 3 aromatic carbocycles. The van der Waals surface area contributed by atoms with Crippen LogP contribution in [0.15, 0.2) is 71.6 Å². The summed E-state index contributed by atoms with van der Waals surface area (Å²) in [6.07, 6.45) is 0.369. The van der Waals surface area contributed by atoms with Gasteiger partial charge < -0.3 is 10.2 Å². The maximum atomic E-state index is 14.2. The summed E-state index contributed by atoms with van der Waals surface area (Å²) in [5.74, 6) is -0.737. The minimum absolute atomic E-state index is 0.0945. The number of sulfonamides is 1. The summed E-state index contributed by atoms with van der Waals surface area (Å²) in [6.45, 7) is 14.9. The summed E-state index contributed by atoms with van der Waals surface area (Å²) >= 11 is 0. The van der Waals surface area contributed by atoms with Gasteiger partial charge in [0.2, 0.25) is 11.8 Å². The highest BCUT2D eigenvalue weighted by Gasteiger charge is 2.34. The molecule has 3 rings (SSSR count). The molecule has 0 aliphatic rings. The van der Waals surface area contributed by atoms with Crippen LogP contribution in [0.5, 0.6) is 0 Å². The van der Waals surface area contributed by atoms with Crippen molar-refractivity contribution in [2.24, 2.45) is 0 Å². The topological polar surface area (TPSA) is 86.8 Å². The fraction of sp³-hybridized carbons (Fsp3) is 0.394. The van der Waals surface area contributed by atoms with E-state index in [0.29, 0.717) is 12.1 Å². The lowest BCUT2D eigenvalue weighted by atomic mass is 10.0.